The highest BCUT2D eigenvalue weighted by Gasteiger charge is 2.46. The third-order valence-corrected chi connectivity index (χ3v) is 17.6. The molecule has 1 aromatic rings. The highest BCUT2D eigenvalue weighted by Crippen LogP contribution is 2.28. The first-order chi connectivity index (χ1) is 43.3. The largest absolute Gasteiger partial charge is 0.497 e. The lowest BCUT2D eigenvalue weighted by Crippen LogP contribution is -2.62. The first kappa shape index (κ1) is 74.9. The summed E-state index contributed by atoms with van der Waals surface area (Å²) in [4.78, 5) is 176. The fourth-order valence-electron chi connectivity index (χ4n) is 12.1. The first-order valence-electron chi connectivity index (χ1n) is 32.3. The van der Waals surface area contributed by atoms with Crippen molar-refractivity contribution in [1.29, 1.82) is 0 Å². The Morgan fingerprint density at radius 1 is 0.870 bits per heavy atom. The number of rotatable bonds is 22. The summed E-state index contributed by atoms with van der Waals surface area (Å²) in [6.07, 6.45) is -5.05. The van der Waals surface area contributed by atoms with E-state index < -0.39 is 168 Å². The number of cyclic esters (lactones) is 2. The number of nitrogens with zero attached hydrogens (tertiary/aromatic N) is 4. The number of hydrogen-bond acceptors (Lipinski definition) is 18. The number of carbonyl (C=O) groups excluding carboxylic acids is 12. The van der Waals surface area contributed by atoms with E-state index in [-0.39, 0.29) is 69.9 Å². The molecule has 5 rings (SSSR count). The summed E-state index contributed by atoms with van der Waals surface area (Å²) in [5, 5.41) is 25.8. The van der Waals surface area contributed by atoms with Gasteiger partial charge in [-0.05, 0) is 113 Å². The van der Waals surface area contributed by atoms with E-state index in [0.29, 0.717) is 49.1 Å². The van der Waals surface area contributed by atoms with Crippen molar-refractivity contribution in [2.45, 2.75) is 232 Å². The summed E-state index contributed by atoms with van der Waals surface area (Å²) in [6, 6.07) is -4.61. The molecule has 0 radical (unpaired) electrons. The van der Waals surface area contributed by atoms with Crippen LogP contribution >= 0.6 is 0 Å². The highest BCUT2D eigenvalue weighted by molar-refractivity contribution is 5.97. The number of nitrogens with two attached hydrogens (primary N) is 1. The molecule has 0 aromatic heterocycles. The fourth-order valence-corrected chi connectivity index (χ4v) is 12.1. The molecule has 0 bridgehead atoms. The third kappa shape index (κ3) is 20.1. The number of hydrogen-bond donors (Lipinski definition) is 7. The van der Waals surface area contributed by atoms with Crippen LogP contribution in [0, 0.1) is 23.7 Å². The molecule has 92 heavy (non-hydrogen) atoms. The highest BCUT2D eigenvalue weighted by atomic mass is 16.6. The average Bonchev–Trinajstić information content (AvgIpc) is 1.51. The van der Waals surface area contributed by atoms with Crippen LogP contribution in [-0.4, -0.2) is 209 Å². The number of fused-ring (bicyclic) bond motifs is 1. The number of carbonyl (C=O) groups is 12. The van der Waals surface area contributed by atoms with E-state index in [1.165, 1.54) is 49.8 Å². The van der Waals surface area contributed by atoms with Gasteiger partial charge in [0, 0.05) is 45.7 Å². The number of esters is 3. The van der Waals surface area contributed by atoms with Gasteiger partial charge >= 0.3 is 17.9 Å². The molecular weight excluding hydrogens is 1190 g/mol. The minimum Gasteiger partial charge on any atom is -0.497 e. The number of benzene rings is 1. The molecule has 0 saturated carbocycles. The second-order valence-corrected chi connectivity index (χ2v) is 26.1. The quantitative estimate of drug-likeness (QED) is 0.0641. The predicted octanol–water partition coefficient (Wildman–Crippen LogP) is 1.68. The standard InChI is InChI=1S/C65H100N10O17/c1-15-37(8)53-50(76)33-52(78)92-55(36(6)7)59(82)69-45(30-34(2)3)61(84)75-29-17-19-47(75)63(86)73(13)49(32-41-21-23-42(89-14)24-22-41)65(88)90-39(10)54(58(81)70-53)71-57(80)48(31-35(4)5)72(12)62(85)46-18-16-28-74(46)60(83)40(11)91-64(87)44(26-27-51(66)77)68-56(79)43-25-20-38(9)67-43/h21-24,34-37,39-40,43-50,53-55,67,76H,9,15-20,25-33H2,1-8,10-14H3,(H2,66,77)(H,68,79)(H,69,82)(H,70,81)(H,71,80)/t37-,39-,40-,43?,44+,45-,46-,47-,48+,49-,50-,53-,54+,55-/m0/s1. The minimum absolute atomic E-state index is 0.00434. The number of primary amides is 1. The zero-order valence-corrected chi connectivity index (χ0v) is 55.8. The minimum atomic E-state index is -1.81. The van der Waals surface area contributed by atoms with Gasteiger partial charge in [-0.2, -0.15) is 0 Å². The van der Waals surface area contributed by atoms with Crippen LogP contribution in [0.4, 0.5) is 0 Å². The summed E-state index contributed by atoms with van der Waals surface area (Å²) < 4.78 is 22.9. The Bertz CT molecular complexity index is 2830. The molecule has 4 heterocycles. The van der Waals surface area contributed by atoms with Gasteiger partial charge in [0.05, 0.1) is 25.7 Å². The number of likely N-dealkylation sites (N-methyl/N-ethyl adjacent to an activating group) is 2. The number of ether oxygens (including phenoxy) is 4. The molecule has 1 aromatic carbocycles. The molecule has 512 valence electrons. The van der Waals surface area contributed by atoms with E-state index in [2.05, 4.69) is 33.2 Å². The molecule has 9 amide bonds. The number of aliphatic hydroxyl groups excluding tert-OH is 1. The number of nitrogens with one attached hydrogen (secondary N) is 5. The molecule has 27 nitrogen and oxygen atoms in total. The molecule has 27 heteroatoms. The zero-order chi connectivity index (χ0) is 68.6. The van der Waals surface area contributed by atoms with Gasteiger partial charge in [-0.15, -0.1) is 0 Å². The number of allylic oxidation sites excluding steroid dienone is 1. The Kier molecular flexibility index (Phi) is 27.8. The molecule has 4 aliphatic heterocycles. The van der Waals surface area contributed by atoms with Crippen molar-refractivity contribution in [2.24, 2.45) is 29.4 Å². The lowest BCUT2D eigenvalue weighted by Gasteiger charge is -2.36. The van der Waals surface area contributed by atoms with Gasteiger partial charge in [0.15, 0.2) is 12.2 Å². The molecule has 4 aliphatic rings. The van der Waals surface area contributed by atoms with Gasteiger partial charge in [-0.3, -0.25) is 47.9 Å². The van der Waals surface area contributed by atoms with Crippen LogP contribution in [0.15, 0.2) is 36.5 Å². The summed E-state index contributed by atoms with van der Waals surface area (Å²) in [5.41, 5.74) is 6.58. The maximum Gasteiger partial charge on any atom is 0.329 e. The SMILES string of the molecule is C=C1CCC(C(=O)N[C@H](CCC(N)=O)C(=O)O[C@@H](C)C(=O)N2CCC[C@H]2C(=O)N(C)[C@H](CC(C)C)C(=O)N[C@H]2C(=O)N[C@@H]([C@@H](C)CC)[C@@H](O)CC(=O)O[C@@H](C(C)C)C(=O)N[C@@H](CC(C)C)C(=O)N3CCC[C@H]3C(=O)N(C)[C@@H](Cc3ccc(OC)cc3)C(=O)O[C@H]2C)N1. The van der Waals surface area contributed by atoms with E-state index in [0.717, 1.165) is 4.90 Å². The molecule has 1 unspecified atom stereocenters. The Hall–Kier alpha value is -7.84. The fraction of sp³-hybridized carbons (Fsp3) is 0.692. The third-order valence-electron chi connectivity index (χ3n) is 17.6. The van der Waals surface area contributed by atoms with Crippen LogP contribution in [-0.2, 0) is 78.2 Å². The number of methoxy groups -OCH3 is 1. The van der Waals surface area contributed by atoms with Gasteiger partial charge in [0.1, 0.15) is 60.2 Å². The van der Waals surface area contributed by atoms with Crippen molar-refractivity contribution in [3.63, 3.8) is 0 Å². The average molecular weight is 1290 g/mol. The maximum absolute atomic E-state index is 15.2. The maximum atomic E-state index is 15.2. The van der Waals surface area contributed by atoms with Gasteiger partial charge < -0.3 is 76.0 Å². The Morgan fingerprint density at radius 2 is 1.53 bits per heavy atom. The number of aliphatic hydroxyl groups is 1. The van der Waals surface area contributed by atoms with Crippen molar-refractivity contribution in [1.82, 2.24) is 46.2 Å². The van der Waals surface area contributed by atoms with E-state index in [4.69, 9.17) is 24.7 Å². The molecule has 0 aliphatic carbocycles. The van der Waals surface area contributed by atoms with Crippen LogP contribution in [0.1, 0.15) is 152 Å². The molecule has 0 spiro atoms. The lowest BCUT2D eigenvalue weighted by atomic mass is 9.92. The smallest absolute Gasteiger partial charge is 0.329 e. The molecular formula is C65H100N10O17. The van der Waals surface area contributed by atoms with Gasteiger partial charge in [-0.25, -0.2) is 9.59 Å². The lowest BCUT2D eigenvalue weighted by molar-refractivity contribution is -0.163. The molecule has 8 N–H and O–H groups in total. The van der Waals surface area contributed by atoms with Crippen molar-refractivity contribution in [2.75, 3.05) is 34.3 Å². The topological polar surface area (TPSA) is 361 Å². The summed E-state index contributed by atoms with van der Waals surface area (Å²) >= 11 is 0. The monoisotopic (exact) mass is 1290 g/mol. The van der Waals surface area contributed by atoms with Crippen molar-refractivity contribution < 1.29 is 81.6 Å². The predicted molar refractivity (Wildman–Crippen MR) is 336 cm³/mol. The normalized spacial score (nSPS) is 26.1. The Morgan fingerprint density at radius 3 is 2.12 bits per heavy atom. The van der Waals surface area contributed by atoms with Gasteiger partial charge in [-0.1, -0.05) is 80.5 Å². The van der Waals surface area contributed by atoms with Crippen molar-refractivity contribution in [3.8, 4) is 5.75 Å². The van der Waals surface area contributed by atoms with Crippen LogP contribution in [0.3, 0.4) is 0 Å². The van der Waals surface area contributed by atoms with E-state index in [1.807, 2.05) is 13.8 Å². The zero-order valence-electron chi connectivity index (χ0n) is 55.8. The molecule has 4 saturated heterocycles. The summed E-state index contributed by atoms with van der Waals surface area (Å²) in [5.74, 6) is -10.7. The summed E-state index contributed by atoms with van der Waals surface area (Å²) in [7, 11) is 4.25. The van der Waals surface area contributed by atoms with Gasteiger partial charge in [0.25, 0.3) is 11.8 Å². The molecule has 4 fully saturated rings. The Labute approximate surface area is 540 Å². The van der Waals surface area contributed by atoms with Crippen LogP contribution in [0.5, 0.6) is 5.75 Å². The van der Waals surface area contributed by atoms with Crippen molar-refractivity contribution in [3.05, 3.63) is 42.1 Å². The van der Waals surface area contributed by atoms with Crippen molar-refractivity contribution >= 4 is 71.1 Å². The van der Waals surface area contributed by atoms with Crippen LogP contribution in [0.25, 0.3) is 0 Å². The van der Waals surface area contributed by atoms with E-state index in [1.54, 1.807) is 65.8 Å². The van der Waals surface area contributed by atoms with Gasteiger partial charge in [0.2, 0.25) is 41.4 Å². The first-order valence-corrected chi connectivity index (χ1v) is 32.3. The van der Waals surface area contributed by atoms with E-state index in [9.17, 15) is 48.3 Å². The second kappa shape index (κ2) is 34.2. The van der Waals surface area contributed by atoms with Crippen LogP contribution in [0.2, 0.25) is 0 Å². The second-order valence-electron chi connectivity index (χ2n) is 26.1. The summed E-state index contributed by atoms with van der Waals surface area (Å²) in [6.45, 7) is 20.7. The van der Waals surface area contributed by atoms with Crippen LogP contribution < -0.4 is 37.1 Å². The molecule has 14 atom stereocenters. The number of likely N-dealkylation sites (tertiary alicyclic amines) is 1. The Balaban J connectivity index is 1.52. The number of amides is 9. The van der Waals surface area contributed by atoms with E-state index >= 15 is 14.4 Å².